The predicted octanol–water partition coefficient (Wildman–Crippen LogP) is 0.371. The van der Waals surface area contributed by atoms with Gasteiger partial charge in [-0.25, -0.2) is 0 Å². The highest BCUT2D eigenvalue weighted by Gasteiger charge is 2.29. The second-order valence-electron chi connectivity index (χ2n) is 4.46. The smallest absolute Gasteiger partial charge is 0.303 e. The van der Waals surface area contributed by atoms with Crippen LogP contribution in [0.25, 0.3) is 0 Å². The lowest BCUT2D eigenvalue weighted by atomic mass is 10.1. The van der Waals surface area contributed by atoms with Gasteiger partial charge in [-0.2, -0.15) is 0 Å². The minimum atomic E-state index is -0.650. The maximum Gasteiger partial charge on any atom is 0.303 e. The van der Waals surface area contributed by atoms with E-state index in [2.05, 4.69) is 16.6 Å². The van der Waals surface area contributed by atoms with Crippen LogP contribution >= 0.6 is 0 Å². The van der Waals surface area contributed by atoms with Crippen LogP contribution in [0.2, 0.25) is 0 Å². The van der Waals surface area contributed by atoms with E-state index in [9.17, 15) is 14.4 Å². The first kappa shape index (κ1) is 17.7. The number of hydrogen-bond donors (Lipinski definition) is 0. The molecule has 0 aromatic heterocycles. The highest BCUT2D eigenvalue weighted by Crippen LogP contribution is 2.16. The third kappa shape index (κ3) is 6.90. The fourth-order valence-electron chi connectivity index (χ4n) is 1.65. The van der Waals surface area contributed by atoms with Crippen LogP contribution in [0.3, 0.4) is 0 Å². The Morgan fingerprint density at radius 2 is 1.73 bits per heavy atom. The van der Waals surface area contributed by atoms with E-state index >= 15 is 0 Å². The molecule has 0 amide bonds. The van der Waals surface area contributed by atoms with Crippen LogP contribution in [0.1, 0.15) is 20.8 Å². The summed E-state index contributed by atoms with van der Waals surface area (Å²) in [5.41, 5.74) is 0. The van der Waals surface area contributed by atoms with Crippen molar-refractivity contribution in [3.63, 3.8) is 0 Å². The summed E-state index contributed by atoms with van der Waals surface area (Å²) in [5, 5.41) is 0. The average Bonchev–Trinajstić information content (AvgIpc) is 2.42. The molecule has 0 N–H and O–H groups in total. The molecule has 0 saturated carbocycles. The maximum atomic E-state index is 11.1. The summed E-state index contributed by atoms with van der Waals surface area (Å²) in [7, 11) is 0. The highest BCUT2D eigenvalue weighted by molar-refractivity contribution is 5.67. The molecule has 7 heteroatoms. The Morgan fingerprint density at radius 3 is 2.32 bits per heavy atom. The molecule has 0 aliphatic carbocycles. The van der Waals surface area contributed by atoms with Gasteiger partial charge in [-0.1, -0.05) is 11.8 Å². The number of ether oxygens (including phenoxy) is 4. The predicted molar refractivity (Wildman–Crippen MR) is 74.4 cm³/mol. The summed E-state index contributed by atoms with van der Waals surface area (Å²) < 4.78 is 20.3. The molecule has 3 atom stereocenters. The van der Waals surface area contributed by atoms with E-state index in [1.165, 1.54) is 20.8 Å². The minimum Gasteiger partial charge on any atom is -0.463 e. The zero-order chi connectivity index (χ0) is 16.5. The van der Waals surface area contributed by atoms with Crippen LogP contribution in [0.15, 0.2) is 12.2 Å². The lowest BCUT2D eigenvalue weighted by molar-refractivity contribution is -0.161. The lowest BCUT2D eigenvalue weighted by Gasteiger charge is -2.29. The van der Waals surface area contributed by atoms with Crippen LogP contribution in [0.4, 0.5) is 0 Å². The van der Waals surface area contributed by atoms with Crippen LogP contribution in [0, 0.1) is 11.8 Å². The van der Waals surface area contributed by atoms with Gasteiger partial charge in [0.15, 0.2) is 6.61 Å². The zero-order valence-electron chi connectivity index (χ0n) is 12.7. The summed E-state index contributed by atoms with van der Waals surface area (Å²) in [5.74, 6) is 4.05. The fraction of sp³-hybridized carbons (Fsp3) is 0.533. The number of esters is 3. The first-order valence-electron chi connectivity index (χ1n) is 6.64. The normalized spacial score (nSPS) is 23.0. The third-order valence-electron chi connectivity index (χ3n) is 2.51. The van der Waals surface area contributed by atoms with E-state index in [-0.39, 0.29) is 13.2 Å². The summed E-state index contributed by atoms with van der Waals surface area (Å²) >= 11 is 0. The molecule has 7 nitrogen and oxygen atoms in total. The van der Waals surface area contributed by atoms with Gasteiger partial charge in [0.25, 0.3) is 0 Å². The molecule has 1 heterocycles. The van der Waals surface area contributed by atoms with Gasteiger partial charge >= 0.3 is 17.9 Å². The number of carbonyl (C=O) groups is 3. The molecule has 0 fully saturated rings. The van der Waals surface area contributed by atoms with Crippen molar-refractivity contribution in [1.29, 1.82) is 0 Å². The van der Waals surface area contributed by atoms with Crippen LogP contribution < -0.4 is 0 Å². The quantitative estimate of drug-likeness (QED) is 0.321. The minimum absolute atomic E-state index is 0.0367. The summed E-state index contributed by atoms with van der Waals surface area (Å²) in [6.45, 7) is 3.75. The third-order valence-corrected chi connectivity index (χ3v) is 2.51. The van der Waals surface area contributed by atoms with Crippen molar-refractivity contribution in [3.05, 3.63) is 12.2 Å². The van der Waals surface area contributed by atoms with Crippen LogP contribution in [-0.4, -0.2) is 49.4 Å². The molecule has 1 aliphatic rings. The van der Waals surface area contributed by atoms with Gasteiger partial charge in [0, 0.05) is 20.8 Å². The van der Waals surface area contributed by atoms with E-state index in [0.717, 1.165) is 0 Å². The monoisotopic (exact) mass is 310 g/mol. The van der Waals surface area contributed by atoms with Gasteiger partial charge in [0.05, 0.1) is 0 Å². The number of hydrogen-bond acceptors (Lipinski definition) is 7. The van der Waals surface area contributed by atoms with Crippen molar-refractivity contribution in [1.82, 2.24) is 0 Å². The van der Waals surface area contributed by atoms with E-state index in [0.29, 0.717) is 0 Å². The second-order valence-corrected chi connectivity index (χ2v) is 4.46. The van der Waals surface area contributed by atoms with Gasteiger partial charge < -0.3 is 18.9 Å². The number of rotatable bonds is 4. The summed E-state index contributed by atoms with van der Waals surface area (Å²) in [4.78, 5) is 32.6. The van der Waals surface area contributed by atoms with Crippen LogP contribution in [0.5, 0.6) is 0 Å². The largest absolute Gasteiger partial charge is 0.463 e. The molecule has 120 valence electrons. The van der Waals surface area contributed by atoms with Crippen molar-refractivity contribution >= 4 is 17.9 Å². The zero-order valence-corrected chi connectivity index (χ0v) is 12.7. The SMILES string of the molecule is CC(=O)OCC#C[C@@H]1C=C[C@H](OC(C)=O)[C@@H](COC(C)=O)O1. The summed E-state index contributed by atoms with van der Waals surface area (Å²) in [6, 6.07) is 0. The van der Waals surface area contributed by atoms with Crippen molar-refractivity contribution in [2.24, 2.45) is 0 Å². The molecule has 0 saturated heterocycles. The van der Waals surface area contributed by atoms with E-state index in [1.54, 1.807) is 12.2 Å². The molecule has 0 radical (unpaired) electrons. The lowest BCUT2D eigenvalue weighted by Crippen LogP contribution is -2.41. The Bertz CT molecular complexity index is 512. The molecule has 0 unspecified atom stereocenters. The molecule has 0 aromatic rings. The average molecular weight is 310 g/mol. The first-order chi connectivity index (χ1) is 10.4. The van der Waals surface area contributed by atoms with E-state index < -0.39 is 36.2 Å². The Balaban J connectivity index is 2.65. The first-order valence-corrected chi connectivity index (χ1v) is 6.64. The number of carbonyl (C=O) groups excluding carboxylic acids is 3. The molecular weight excluding hydrogens is 292 g/mol. The van der Waals surface area contributed by atoms with E-state index in [4.69, 9.17) is 14.2 Å². The Labute approximate surface area is 128 Å². The Kier molecular flexibility index (Phi) is 7.13. The van der Waals surface area contributed by atoms with E-state index in [1.807, 2.05) is 0 Å². The standard InChI is InChI=1S/C15H18O7/c1-10(16)19-8-4-5-13-6-7-14(21-12(3)18)15(22-13)9-20-11(2)17/h6-7,13-15H,8-9H2,1-3H3/t13-,14+,15-/m1/s1. The van der Waals surface area contributed by atoms with Gasteiger partial charge in [0.2, 0.25) is 0 Å². The molecular formula is C15H18O7. The second kappa shape index (κ2) is 8.85. The van der Waals surface area contributed by atoms with Crippen molar-refractivity contribution in [2.45, 2.75) is 39.1 Å². The molecule has 22 heavy (non-hydrogen) atoms. The highest BCUT2D eigenvalue weighted by atomic mass is 16.6. The Morgan fingerprint density at radius 1 is 1.05 bits per heavy atom. The molecule has 1 rings (SSSR count). The van der Waals surface area contributed by atoms with Crippen LogP contribution in [-0.2, 0) is 33.3 Å². The molecule has 1 aliphatic heterocycles. The fourth-order valence-corrected chi connectivity index (χ4v) is 1.65. The maximum absolute atomic E-state index is 11.1. The van der Waals surface area contributed by atoms with Crippen molar-refractivity contribution in [3.8, 4) is 11.8 Å². The topological polar surface area (TPSA) is 88.1 Å². The molecule has 0 bridgehead atoms. The van der Waals surface area contributed by atoms with Crippen molar-refractivity contribution < 1.29 is 33.3 Å². The summed E-state index contributed by atoms with van der Waals surface area (Å²) in [6.07, 6.45) is 1.39. The molecule has 0 aromatic carbocycles. The van der Waals surface area contributed by atoms with Gasteiger partial charge in [-0.05, 0) is 12.2 Å². The van der Waals surface area contributed by atoms with Gasteiger partial charge in [0.1, 0.15) is 24.9 Å². The van der Waals surface area contributed by atoms with Gasteiger partial charge in [-0.15, -0.1) is 0 Å². The molecule has 0 spiro atoms. The van der Waals surface area contributed by atoms with Gasteiger partial charge in [-0.3, -0.25) is 14.4 Å². The Hall–Kier alpha value is -2.33. The van der Waals surface area contributed by atoms with Crippen molar-refractivity contribution in [2.75, 3.05) is 13.2 Å².